The van der Waals surface area contributed by atoms with E-state index in [4.69, 9.17) is 5.73 Å². The van der Waals surface area contributed by atoms with Crippen LogP contribution >= 0.6 is 0 Å². The Morgan fingerprint density at radius 3 is 2.92 bits per heavy atom. The number of carbonyl (C=O) groups is 1. The van der Waals surface area contributed by atoms with Crippen molar-refractivity contribution in [2.45, 2.75) is 18.5 Å². The molecule has 68 valence electrons. The number of amides is 1. The molecule has 0 aliphatic carbocycles. The summed E-state index contributed by atoms with van der Waals surface area (Å²) in [6.07, 6.45) is 2.09. The number of hydrogen-bond donors (Lipinski definition) is 2. The molecule has 1 saturated heterocycles. The van der Waals surface area contributed by atoms with Crippen LogP contribution in [-0.2, 0) is 4.79 Å². The summed E-state index contributed by atoms with van der Waals surface area (Å²) >= 11 is 0. The Bertz CT molecular complexity index is 312. The first-order valence-electron chi connectivity index (χ1n) is 4.23. The summed E-state index contributed by atoms with van der Waals surface area (Å²) in [5, 5.41) is 2.79. The highest BCUT2D eigenvalue weighted by molar-refractivity contribution is 5.79. The van der Waals surface area contributed by atoms with Gasteiger partial charge < -0.3 is 11.1 Å². The second-order valence-electron chi connectivity index (χ2n) is 3.17. The van der Waals surface area contributed by atoms with Gasteiger partial charge in [0.25, 0.3) is 0 Å². The predicted molar refractivity (Wildman–Crippen MR) is 47.7 cm³/mol. The standard InChI is InChI=1S/C9H11N3O/c10-6-5-8(13)12-9(6)7-3-1-2-4-11-7/h1-4,6,9H,5,10H2,(H,12,13). The van der Waals surface area contributed by atoms with Gasteiger partial charge in [0.2, 0.25) is 5.91 Å². The Balaban J connectivity index is 2.23. The summed E-state index contributed by atoms with van der Waals surface area (Å²) in [6, 6.07) is 5.33. The van der Waals surface area contributed by atoms with Crippen LogP contribution in [0.15, 0.2) is 24.4 Å². The summed E-state index contributed by atoms with van der Waals surface area (Å²) in [7, 11) is 0. The highest BCUT2D eigenvalue weighted by Crippen LogP contribution is 2.20. The lowest BCUT2D eigenvalue weighted by Gasteiger charge is -2.13. The van der Waals surface area contributed by atoms with Crippen LogP contribution in [0.4, 0.5) is 0 Å². The fourth-order valence-corrected chi connectivity index (χ4v) is 1.52. The van der Waals surface area contributed by atoms with E-state index >= 15 is 0 Å². The first-order valence-corrected chi connectivity index (χ1v) is 4.23. The summed E-state index contributed by atoms with van der Waals surface area (Å²) in [5.74, 6) is 0.00292. The summed E-state index contributed by atoms with van der Waals surface area (Å²) in [5.41, 5.74) is 6.61. The van der Waals surface area contributed by atoms with Gasteiger partial charge >= 0.3 is 0 Å². The van der Waals surface area contributed by atoms with Gasteiger partial charge in [0.1, 0.15) is 0 Å². The lowest BCUT2D eigenvalue weighted by molar-refractivity contribution is -0.119. The first-order chi connectivity index (χ1) is 6.27. The Morgan fingerprint density at radius 1 is 1.54 bits per heavy atom. The highest BCUT2D eigenvalue weighted by Gasteiger charge is 2.31. The van der Waals surface area contributed by atoms with Crippen molar-refractivity contribution in [3.05, 3.63) is 30.1 Å². The van der Waals surface area contributed by atoms with Crippen molar-refractivity contribution in [2.75, 3.05) is 0 Å². The van der Waals surface area contributed by atoms with Crippen molar-refractivity contribution < 1.29 is 4.79 Å². The van der Waals surface area contributed by atoms with E-state index in [2.05, 4.69) is 10.3 Å². The number of pyridine rings is 1. The van der Waals surface area contributed by atoms with Crippen LogP contribution in [0.2, 0.25) is 0 Å². The molecular weight excluding hydrogens is 166 g/mol. The molecule has 13 heavy (non-hydrogen) atoms. The van der Waals surface area contributed by atoms with E-state index in [0.717, 1.165) is 5.69 Å². The van der Waals surface area contributed by atoms with Gasteiger partial charge in [-0.05, 0) is 12.1 Å². The van der Waals surface area contributed by atoms with Crippen LogP contribution < -0.4 is 11.1 Å². The zero-order chi connectivity index (χ0) is 9.26. The molecule has 2 rings (SSSR count). The monoisotopic (exact) mass is 177 g/mol. The zero-order valence-corrected chi connectivity index (χ0v) is 7.10. The normalized spacial score (nSPS) is 27.3. The average Bonchev–Trinajstić information content (AvgIpc) is 2.47. The quantitative estimate of drug-likeness (QED) is 0.633. The second kappa shape index (κ2) is 3.14. The minimum atomic E-state index is -0.151. The molecule has 0 spiro atoms. The topological polar surface area (TPSA) is 68.0 Å². The van der Waals surface area contributed by atoms with Crippen LogP contribution in [0.3, 0.4) is 0 Å². The Labute approximate surface area is 76.2 Å². The van der Waals surface area contributed by atoms with Gasteiger partial charge in [-0.25, -0.2) is 0 Å². The van der Waals surface area contributed by atoms with E-state index in [9.17, 15) is 4.79 Å². The maximum absolute atomic E-state index is 11.0. The molecule has 1 aliphatic heterocycles. The molecule has 0 saturated carbocycles. The van der Waals surface area contributed by atoms with Gasteiger partial charge in [0.15, 0.2) is 0 Å². The number of nitrogens with one attached hydrogen (secondary N) is 1. The molecule has 0 aromatic carbocycles. The molecule has 0 bridgehead atoms. The third-order valence-electron chi connectivity index (χ3n) is 2.17. The molecule has 1 aromatic heterocycles. The molecule has 0 radical (unpaired) electrons. The van der Waals surface area contributed by atoms with Crippen LogP contribution in [0, 0.1) is 0 Å². The third kappa shape index (κ3) is 1.53. The van der Waals surface area contributed by atoms with E-state index in [1.165, 1.54) is 0 Å². The van der Waals surface area contributed by atoms with Gasteiger partial charge in [-0.15, -0.1) is 0 Å². The van der Waals surface area contributed by atoms with Crippen LogP contribution in [0.25, 0.3) is 0 Å². The number of carbonyl (C=O) groups excluding carboxylic acids is 1. The second-order valence-corrected chi connectivity index (χ2v) is 3.17. The molecule has 4 heteroatoms. The Kier molecular flexibility index (Phi) is 1.98. The molecule has 2 unspecified atom stereocenters. The molecular formula is C9H11N3O. The fourth-order valence-electron chi connectivity index (χ4n) is 1.52. The SMILES string of the molecule is NC1CC(=O)NC1c1ccccn1. The molecule has 3 N–H and O–H groups in total. The predicted octanol–water partition coefficient (Wildman–Crippen LogP) is -0.0301. The molecule has 1 aromatic rings. The maximum atomic E-state index is 11.0. The smallest absolute Gasteiger partial charge is 0.222 e. The Hall–Kier alpha value is -1.42. The number of rotatable bonds is 1. The maximum Gasteiger partial charge on any atom is 0.222 e. The number of nitrogens with two attached hydrogens (primary N) is 1. The van der Waals surface area contributed by atoms with E-state index in [1.807, 2.05) is 18.2 Å². The van der Waals surface area contributed by atoms with Crippen LogP contribution in [-0.4, -0.2) is 16.9 Å². The molecule has 1 amide bonds. The first kappa shape index (κ1) is 8.19. The van der Waals surface area contributed by atoms with Crippen molar-refractivity contribution in [3.8, 4) is 0 Å². The minimum absolute atomic E-state index is 0.00292. The van der Waals surface area contributed by atoms with E-state index in [1.54, 1.807) is 6.20 Å². The molecule has 2 heterocycles. The fraction of sp³-hybridized carbons (Fsp3) is 0.333. The number of nitrogens with zero attached hydrogens (tertiary/aromatic N) is 1. The van der Waals surface area contributed by atoms with Crippen molar-refractivity contribution in [3.63, 3.8) is 0 Å². The molecule has 1 fully saturated rings. The third-order valence-corrected chi connectivity index (χ3v) is 2.17. The summed E-state index contributed by atoms with van der Waals surface area (Å²) in [6.45, 7) is 0. The molecule has 1 aliphatic rings. The number of hydrogen-bond acceptors (Lipinski definition) is 3. The average molecular weight is 177 g/mol. The van der Waals surface area contributed by atoms with Gasteiger partial charge in [-0.1, -0.05) is 6.07 Å². The van der Waals surface area contributed by atoms with Crippen molar-refractivity contribution in [2.24, 2.45) is 5.73 Å². The number of aromatic nitrogens is 1. The zero-order valence-electron chi connectivity index (χ0n) is 7.10. The van der Waals surface area contributed by atoms with Gasteiger partial charge in [-0.3, -0.25) is 9.78 Å². The highest BCUT2D eigenvalue weighted by atomic mass is 16.2. The van der Waals surface area contributed by atoms with E-state index in [0.29, 0.717) is 6.42 Å². The lowest BCUT2D eigenvalue weighted by atomic mass is 10.1. The lowest BCUT2D eigenvalue weighted by Crippen LogP contribution is -2.29. The molecule has 2 atom stereocenters. The van der Waals surface area contributed by atoms with Crippen molar-refractivity contribution >= 4 is 5.91 Å². The van der Waals surface area contributed by atoms with Crippen molar-refractivity contribution in [1.82, 2.24) is 10.3 Å². The van der Waals surface area contributed by atoms with Gasteiger partial charge in [0.05, 0.1) is 11.7 Å². The summed E-state index contributed by atoms with van der Waals surface area (Å²) in [4.78, 5) is 15.2. The minimum Gasteiger partial charge on any atom is -0.346 e. The summed E-state index contributed by atoms with van der Waals surface area (Å²) < 4.78 is 0. The van der Waals surface area contributed by atoms with E-state index < -0.39 is 0 Å². The molecule has 4 nitrogen and oxygen atoms in total. The van der Waals surface area contributed by atoms with Crippen LogP contribution in [0.5, 0.6) is 0 Å². The van der Waals surface area contributed by atoms with Crippen LogP contribution in [0.1, 0.15) is 18.2 Å². The largest absolute Gasteiger partial charge is 0.346 e. The van der Waals surface area contributed by atoms with Crippen molar-refractivity contribution in [1.29, 1.82) is 0 Å². The Morgan fingerprint density at radius 2 is 2.38 bits per heavy atom. The van der Waals surface area contributed by atoms with E-state index in [-0.39, 0.29) is 18.0 Å². The van der Waals surface area contributed by atoms with Gasteiger partial charge in [0, 0.05) is 18.7 Å². The van der Waals surface area contributed by atoms with Gasteiger partial charge in [-0.2, -0.15) is 0 Å².